The van der Waals surface area contributed by atoms with Crippen molar-refractivity contribution in [2.75, 3.05) is 6.61 Å². The quantitative estimate of drug-likeness (QED) is 0.556. The highest BCUT2D eigenvalue weighted by Crippen LogP contribution is 2.28. The number of hydrogen-bond acceptors (Lipinski definition) is 2. The Morgan fingerprint density at radius 2 is 1.91 bits per heavy atom. The highest BCUT2D eigenvalue weighted by Gasteiger charge is 2.17. The van der Waals surface area contributed by atoms with Gasteiger partial charge in [-0.05, 0) is 49.5 Å². The van der Waals surface area contributed by atoms with E-state index in [2.05, 4.69) is 43.3 Å². The van der Waals surface area contributed by atoms with Crippen molar-refractivity contribution in [3.05, 3.63) is 77.4 Å². The Morgan fingerprint density at radius 1 is 1.13 bits per heavy atom. The molecule has 3 rings (SSSR count). The molecule has 2 nitrogen and oxygen atoms in total. The average Bonchev–Trinajstić information content (AvgIpc) is 2.59. The number of ether oxygens (including phenoxy) is 2. The Balaban J connectivity index is 1.43. The van der Waals surface area contributed by atoms with Gasteiger partial charge in [-0.15, -0.1) is 0 Å². The van der Waals surface area contributed by atoms with Gasteiger partial charge in [0.1, 0.15) is 11.9 Å². The molecule has 0 saturated carbocycles. The maximum Gasteiger partial charge on any atom is 0.123 e. The molecular weight excluding hydrogens is 284 g/mol. The van der Waals surface area contributed by atoms with Gasteiger partial charge in [-0.2, -0.15) is 0 Å². The molecule has 0 fully saturated rings. The Bertz CT molecular complexity index is 646. The van der Waals surface area contributed by atoms with Crippen LogP contribution in [0.3, 0.4) is 0 Å². The molecule has 2 aromatic rings. The summed E-state index contributed by atoms with van der Waals surface area (Å²) in [5, 5.41) is 0. The standard InChI is InChI=1S/C21H24O2/c1-17(13-14-22-16-18-7-3-2-4-8-18)15-20-12-11-19-9-5-6-10-21(19)23-20/h2-10,15,20H,11-14,16H2,1H3. The third-order valence-electron chi connectivity index (χ3n) is 4.17. The van der Waals surface area contributed by atoms with Gasteiger partial charge in [-0.25, -0.2) is 0 Å². The molecule has 2 aromatic carbocycles. The van der Waals surface area contributed by atoms with Gasteiger partial charge in [0.05, 0.1) is 13.2 Å². The molecular formula is C21H24O2. The van der Waals surface area contributed by atoms with E-state index in [9.17, 15) is 0 Å². The van der Waals surface area contributed by atoms with Gasteiger partial charge in [0.15, 0.2) is 0 Å². The Hall–Kier alpha value is -2.06. The van der Waals surface area contributed by atoms with Crippen LogP contribution in [0.4, 0.5) is 0 Å². The SMILES string of the molecule is CC(=CC1CCc2ccccc2O1)CCOCc1ccccc1. The summed E-state index contributed by atoms with van der Waals surface area (Å²) >= 11 is 0. The zero-order chi connectivity index (χ0) is 15.9. The number of para-hydroxylation sites is 1. The fourth-order valence-electron chi connectivity index (χ4n) is 2.86. The highest BCUT2D eigenvalue weighted by molar-refractivity contribution is 5.35. The van der Waals surface area contributed by atoms with Gasteiger partial charge in [0, 0.05) is 0 Å². The van der Waals surface area contributed by atoms with Crippen LogP contribution in [0.1, 0.15) is 30.9 Å². The van der Waals surface area contributed by atoms with Crippen LogP contribution < -0.4 is 4.74 Å². The van der Waals surface area contributed by atoms with E-state index >= 15 is 0 Å². The van der Waals surface area contributed by atoms with E-state index in [1.165, 1.54) is 16.7 Å². The average molecular weight is 308 g/mol. The first-order valence-corrected chi connectivity index (χ1v) is 8.35. The monoisotopic (exact) mass is 308 g/mol. The summed E-state index contributed by atoms with van der Waals surface area (Å²) in [6.07, 6.45) is 5.55. The summed E-state index contributed by atoms with van der Waals surface area (Å²) in [4.78, 5) is 0. The second kappa shape index (κ2) is 7.98. The number of hydrogen-bond donors (Lipinski definition) is 0. The summed E-state index contributed by atoms with van der Waals surface area (Å²) in [6.45, 7) is 3.59. The molecule has 0 radical (unpaired) electrons. The van der Waals surface area contributed by atoms with Gasteiger partial charge in [0.25, 0.3) is 0 Å². The molecule has 2 heteroatoms. The number of fused-ring (bicyclic) bond motifs is 1. The van der Waals surface area contributed by atoms with Crippen molar-refractivity contribution >= 4 is 0 Å². The Morgan fingerprint density at radius 3 is 2.78 bits per heavy atom. The molecule has 1 aliphatic rings. The predicted octanol–water partition coefficient (Wildman–Crippen LogP) is 4.93. The van der Waals surface area contributed by atoms with Crippen molar-refractivity contribution in [2.24, 2.45) is 0 Å². The van der Waals surface area contributed by atoms with Crippen molar-refractivity contribution in [3.63, 3.8) is 0 Å². The zero-order valence-electron chi connectivity index (χ0n) is 13.7. The lowest BCUT2D eigenvalue weighted by Gasteiger charge is -2.24. The van der Waals surface area contributed by atoms with Crippen LogP contribution in [0.5, 0.6) is 5.75 Å². The summed E-state index contributed by atoms with van der Waals surface area (Å²) in [5.41, 5.74) is 3.88. The lowest BCUT2D eigenvalue weighted by molar-refractivity contribution is 0.123. The minimum Gasteiger partial charge on any atom is -0.486 e. The van der Waals surface area contributed by atoms with E-state index in [1.807, 2.05) is 24.3 Å². The highest BCUT2D eigenvalue weighted by atomic mass is 16.5. The van der Waals surface area contributed by atoms with Crippen LogP contribution in [0.25, 0.3) is 0 Å². The smallest absolute Gasteiger partial charge is 0.123 e. The van der Waals surface area contributed by atoms with Crippen LogP contribution >= 0.6 is 0 Å². The fourth-order valence-corrected chi connectivity index (χ4v) is 2.86. The Kier molecular flexibility index (Phi) is 5.49. The van der Waals surface area contributed by atoms with Gasteiger partial charge in [-0.1, -0.05) is 54.1 Å². The molecule has 1 unspecified atom stereocenters. The van der Waals surface area contributed by atoms with Crippen LogP contribution in [-0.2, 0) is 17.8 Å². The molecule has 1 aliphatic heterocycles. The molecule has 0 amide bonds. The summed E-state index contributed by atoms with van der Waals surface area (Å²) < 4.78 is 11.8. The van der Waals surface area contributed by atoms with E-state index in [4.69, 9.17) is 9.47 Å². The minimum atomic E-state index is 0.194. The van der Waals surface area contributed by atoms with Crippen LogP contribution in [-0.4, -0.2) is 12.7 Å². The van der Waals surface area contributed by atoms with Crippen LogP contribution in [0.2, 0.25) is 0 Å². The fraction of sp³-hybridized carbons (Fsp3) is 0.333. The molecule has 0 spiro atoms. The van der Waals surface area contributed by atoms with Crippen molar-refractivity contribution < 1.29 is 9.47 Å². The van der Waals surface area contributed by atoms with E-state index in [-0.39, 0.29) is 6.10 Å². The van der Waals surface area contributed by atoms with E-state index in [0.29, 0.717) is 6.61 Å². The molecule has 1 atom stereocenters. The Labute approximate surface area is 138 Å². The first-order valence-electron chi connectivity index (χ1n) is 8.35. The minimum absolute atomic E-state index is 0.194. The van der Waals surface area contributed by atoms with Crippen LogP contribution in [0.15, 0.2) is 66.2 Å². The third kappa shape index (κ3) is 4.70. The van der Waals surface area contributed by atoms with Crippen LogP contribution in [0, 0.1) is 0 Å². The van der Waals surface area contributed by atoms with Gasteiger partial charge >= 0.3 is 0 Å². The summed E-state index contributed by atoms with van der Waals surface area (Å²) in [7, 11) is 0. The third-order valence-corrected chi connectivity index (χ3v) is 4.17. The number of rotatable bonds is 6. The largest absolute Gasteiger partial charge is 0.486 e. The summed E-state index contributed by atoms with van der Waals surface area (Å²) in [6, 6.07) is 18.6. The maximum atomic E-state index is 6.06. The molecule has 0 aliphatic carbocycles. The summed E-state index contributed by atoms with van der Waals surface area (Å²) in [5.74, 6) is 1.04. The topological polar surface area (TPSA) is 18.5 Å². The van der Waals surface area contributed by atoms with Gasteiger partial charge < -0.3 is 9.47 Å². The maximum absolute atomic E-state index is 6.06. The molecule has 0 bridgehead atoms. The lowest BCUT2D eigenvalue weighted by atomic mass is 10.0. The predicted molar refractivity (Wildman–Crippen MR) is 93.7 cm³/mol. The first-order chi connectivity index (χ1) is 11.3. The van der Waals surface area contributed by atoms with E-state index in [0.717, 1.165) is 31.6 Å². The molecule has 0 aromatic heterocycles. The molecule has 120 valence electrons. The normalized spacial score (nSPS) is 17.4. The van der Waals surface area contributed by atoms with Crippen molar-refractivity contribution in [2.45, 2.75) is 38.9 Å². The van der Waals surface area contributed by atoms with Crippen molar-refractivity contribution in [1.82, 2.24) is 0 Å². The first kappa shape index (κ1) is 15.8. The molecule has 0 saturated heterocycles. The molecule has 1 heterocycles. The number of aryl methyl sites for hydroxylation is 1. The van der Waals surface area contributed by atoms with Gasteiger partial charge in [0.2, 0.25) is 0 Å². The van der Waals surface area contributed by atoms with E-state index in [1.54, 1.807) is 0 Å². The zero-order valence-corrected chi connectivity index (χ0v) is 13.7. The van der Waals surface area contributed by atoms with Crippen molar-refractivity contribution in [1.29, 1.82) is 0 Å². The molecule has 0 N–H and O–H groups in total. The molecule has 23 heavy (non-hydrogen) atoms. The van der Waals surface area contributed by atoms with Crippen molar-refractivity contribution in [3.8, 4) is 5.75 Å². The lowest BCUT2D eigenvalue weighted by Crippen LogP contribution is -2.20. The van der Waals surface area contributed by atoms with Gasteiger partial charge in [-0.3, -0.25) is 0 Å². The number of benzene rings is 2. The van der Waals surface area contributed by atoms with E-state index < -0.39 is 0 Å². The second-order valence-corrected chi connectivity index (χ2v) is 6.10. The second-order valence-electron chi connectivity index (χ2n) is 6.10.